The van der Waals surface area contributed by atoms with Gasteiger partial charge in [-0.15, -0.1) is 0 Å². The van der Waals surface area contributed by atoms with E-state index in [1.165, 1.54) is 4.90 Å². The predicted molar refractivity (Wildman–Crippen MR) is 83.4 cm³/mol. The Morgan fingerprint density at radius 2 is 1.71 bits per heavy atom. The van der Waals surface area contributed by atoms with Crippen LogP contribution in [0.4, 0.5) is 5.69 Å². The van der Waals surface area contributed by atoms with Crippen LogP contribution in [0.1, 0.15) is 15.9 Å². The molecule has 0 atom stereocenters. The lowest BCUT2D eigenvalue weighted by atomic mass is 10.1. The van der Waals surface area contributed by atoms with Crippen molar-refractivity contribution in [2.45, 2.75) is 6.54 Å². The molecule has 1 heterocycles. The molecule has 2 aromatic rings. The summed E-state index contributed by atoms with van der Waals surface area (Å²) in [5.74, 6) is -1.17. The van der Waals surface area contributed by atoms with E-state index in [4.69, 9.17) is 34.8 Å². The van der Waals surface area contributed by atoms with Gasteiger partial charge in [0.2, 0.25) is 0 Å². The Balaban J connectivity index is 2.04. The highest BCUT2D eigenvalue weighted by atomic mass is 35.5. The van der Waals surface area contributed by atoms with Crippen LogP contribution >= 0.6 is 34.8 Å². The van der Waals surface area contributed by atoms with Crippen LogP contribution in [0, 0.1) is 0 Å². The van der Waals surface area contributed by atoms with E-state index < -0.39 is 11.7 Å². The van der Waals surface area contributed by atoms with Crippen molar-refractivity contribution in [3.05, 3.63) is 62.6 Å². The first-order valence-corrected chi connectivity index (χ1v) is 7.21. The number of halogens is 3. The van der Waals surface area contributed by atoms with Crippen molar-refractivity contribution in [3.8, 4) is 0 Å². The van der Waals surface area contributed by atoms with Gasteiger partial charge in [-0.1, -0.05) is 46.9 Å². The number of rotatable bonds is 2. The van der Waals surface area contributed by atoms with Crippen LogP contribution in [-0.2, 0) is 11.3 Å². The maximum atomic E-state index is 12.1. The van der Waals surface area contributed by atoms with Crippen molar-refractivity contribution >= 4 is 52.2 Å². The smallest absolute Gasteiger partial charge is 0.299 e. The van der Waals surface area contributed by atoms with E-state index in [0.717, 1.165) is 0 Å². The summed E-state index contributed by atoms with van der Waals surface area (Å²) in [6, 6.07) is 9.86. The summed E-state index contributed by atoms with van der Waals surface area (Å²) in [4.78, 5) is 25.5. The molecule has 0 bridgehead atoms. The number of hydrogen-bond acceptors (Lipinski definition) is 2. The van der Waals surface area contributed by atoms with Crippen LogP contribution in [0.15, 0.2) is 36.4 Å². The number of carbonyl (C=O) groups is 2. The minimum Gasteiger partial charge on any atom is -0.299 e. The fourth-order valence-corrected chi connectivity index (χ4v) is 3.03. The van der Waals surface area contributed by atoms with Crippen molar-refractivity contribution < 1.29 is 9.59 Å². The Morgan fingerprint density at radius 1 is 0.952 bits per heavy atom. The zero-order chi connectivity index (χ0) is 15.1. The van der Waals surface area contributed by atoms with E-state index in [-0.39, 0.29) is 6.54 Å². The van der Waals surface area contributed by atoms with Crippen LogP contribution in [-0.4, -0.2) is 11.7 Å². The van der Waals surface area contributed by atoms with E-state index >= 15 is 0 Å². The molecular formula is C15H8Cl3NO2. The summed E-state index contributed by atoms with van der Waals surface area (Å²) in [5, 5.41) is 1.30. The molecule has 2 aromatic carbocycles. The minimum absolute atomic E-state index is 0.164. The Hall–Kier alpha value is -1.55. The summed E-state index contributed by atoms with van der Waals surface area (Å²) in [5.41, 5.74) is 1.44. The molecule has 3 rings (SSSR count). The molecule has 0 N–H and O–H groups in total. The van der Waals surface area contributed by atoms with Crippen molar-refractivity contribution in [1.29, 1.82) is 0 Å². The Labute approximate surface area is 136 Å². The van der Waals surface area contributed by atoms with Crippen LogP contribution < -0.4 is 4.90 Å². The first-order chi connectivity index (χ1) is 9.99. The summed E-state index contributed by atoms with van der Waals surface area (Å²) < 4.78 is 0. The number of nitrogens with zero attached hydrogens (tertiary/aromatic N) is 1. The van der Waals surface area contributed by atoms with E-state index in [2.05, 4.69) is 0 Å². The highest BCUT2D eigenvalue weighted by Gasteiger charge is 2.37. The number of carbonyl (C=O) groups excluding carboxylic acids is 2. The normalized spacial score (nSPS) is 13.8. The zero-order valence-electron chi connectivity index (χ0n) is 10.6. The number of Topliss-reactive ketones (excluding diaryl/α,β-unsaturated/α-hetero) is 1. The van der Waals surface area contributed by atoms with Gasteiger partial charge in [-0.25, -0.2) is 0 Å². The average molecular weight is 341 g/mol. The summed E-state index contributed by atoms with van der Waals surface area (Å²) in [7, 11) is 0. The predicted octanol–water partition coefficient (Wildman–Crippen LogP) is 4.38. The lowest BCUT2D eigenvalue weighted by Crippen LogP contribution is -2.29. The number of para-hydroxylation sites is 1. The maximum absolute atomic E-state index is 12.1. The molecule has 1 aliphatic heterocycles. The van der Waals surface area contributed by atoms with Gasteiger partial charge in [0.05, 0.1) is 22.8 Å². The minimum atomic E-state index is -0.607. The molecule has 0 saturated heterocycles. The van der Waals surface area contributed by atoms with E-state index in [0.29, 0.717) is 31.9 Å². The second-order valence-electron chi connectivity index (χ2n) is 4.59. The molecule has 0 spiro atoms. The topological polar surface area (TPSA) is 37.4 Å². The molecule has 0 unspecified atom stereocenters. The van der Waals surface area contributed by atoms with Crippen LogP contribution in [0.5, 0.6) is 0 Å². The van der Waals surface area contributed by atoms with Gasteiger partial charge in [-0.2, -0.15) is 0 Å². The van der Waals surface area contributed by atoms with E-state index in [9.17, 15) is 9.59 Å². The van der Waals surface area contributed by atoms with E-state index in [1.54, 1.807) is 36.4 Å². The lowest BCUT2D eigenvalue weighted by molar-refractivity contribution is -0.114. The first kappa shape index (κ1) is 14.4. The largest absolute Gasteiger partial charge is 0.299 e. The molecular weight excluding hydrogens is 333 g/mol. The van der Waals surface area contributed by atoms with Crippen molar-refractivity contribution in [2.75, 3.05) is 4.90 Å². The molecule has 0 saturated carbocycles. The number of fused-ring (bicyclic) bond motifs is 1. The second kappa shape index (κ2) is 5.34. The Kier molecular flexibility index (Phi) is 3.66. The third-order valence-electron chi connectivity index (χ3n) is 3.28. The molecule has 0 radical (unpaired) electrons. The van der Waals surface area contributed by atoms with Crippen molar-refractivity contribution in [3.63, 3.8) is 0 Å². The van der Waals surface area contributed by atoms with Crippen LogP contribution in [0.2, 0.25) is 15.1 Å². The molecule has 1 amide bonds. The summed E-state index contributed by atoms with van der Waals surface area (Å²) in [6.45, 7) is 0.164. The number of amides is 1. The lowest BCUT2D eigenvalue weighted by Gasteiger charge is -2.18. The Morgan fingerprint density at radius 3 is 2.43 bits per heavy atom. The quantitative estimate of drug-likeness (QED) is 0.761. The second-order valence-corrected chi connectivity index (χ2v) is 5.84. The van der Waals surface area contributed by atoms with Gasteiger partial charge in [0, 0.05) is 10.0 Å². The van der Waals surface area contributed by atoms with Crippen LogP contribution in [0.25, 0.3) is 0 Å². The first-order valence-electron chi connectivity index (χ1n) is 6.07. The third-order valence-corrected chi connectivity index (χ3v) is 4.18. The van der Waals surface area contributed by atoms with Gasteiger partial charge in [0.25, 0.3) is 11.7 Å². The molecule has 21 heavy (non-hydrogen) atoms. The fourth-order valence-electron chi connectivity index (χ4n) is 2.28. The molecule has 3 nitrogen and oxygen atoms in total. The monoisotopic (exact) mass is 339 g/mol. The molecule has 0 fully saturated rings. The van der Waals surface area contributed by atoms with E-state index in [1.807, 2.05) is 0 Å². The zero-order valence-corrected chi connectivity index (χ0v) is 12.8. The SMILES string of the molecule is O=C1C(=O)N(Cc2ccc(Cl)cc2Cl)c2c(Cl)cccc21. The Bertz CT molecular complexity index is 774. The number of ketones is 1. The molecule has 1 aliphatic rings. The maximum Gasteiger partial charge on any atom is 0.299 e. The summed E-state index contributed by atoms with van der Waals surface area (Å²) >= 11 is 18.1. The molecule has 6 heteroatoms. The standard InChI is InChI=1S/C15H8Cl3NO2/c16-9-5-4-8(12(18)6-9)7-19-13-10(14(20)15(19)21)2-1-3-11(13)17/h1-6H,7H2. The highest BCUT2D eigenvalue weighted by molar-refractivity contribution is 6.54. The van der Waals surface area contributed by atoms with Crippen LogP contribution in [0.3, 0.4) is 0 Å². The van der Waals surface area contributed by atoms with Crippen molar-refractivity contribution in [1.82, 2.24) is 0 Å². The van der Waals surface area contributed by atoms with Gasteiger partial charge >= 0.3 is 0 Å². The van der Waals surface area contributed by atoms with Gasteiger partial charge in [-0.05, 0) is 29.8 Å². The van der Waals surface area contributed by atoms with Gasteiger partial charge < -0.3 is 0 Å². The van der Waals surface area contributed by atoms with Crippen molar-refractivity contribution in [2.24, 2.45) is 0 Å². The van der Waals surface area contributed by atoms with Gasteiger partial charge in [-0.3, -0.25) is 14.5 Å². The average Bonchev–Trinajstić information content (AvgIpc) is 2.68. The third kappa shape index (κ3) is 2.42. The molecule has 0 aromatic heterocycles. The number of anilines is 1. The molecule has 0 aliphatic carbocycles. The number of benzene rings is 2. The van der Waals surface area contributed by atoms with Gasteiger partial charge in [0.1, 0.15) is 0 Å². The fraction of sp³-hybridized carbons (Fsp3) is 0.0667. The number of hydrogen-bond donors (Lipinski definition) is 0. The highest BCUT2D eigenvalue weighted by Crippen LogP contribution is 2.37. The summed E-state index contributed by atoms with van der Waals surface area (Å²) in [6.07, 6.45) is 0. The molecule has 106 valence electrons. The van der Waals surface area contributed by atoms with Gasteiger partial charge in [0.15, 0.2) is 0 Å².